The van der Waals surface area contributed by atoms with E-state index in [9.17, 15) is 14.9 Å². The normalized spacial score (nSPS) is 10.4. The van der Waals surface area contributed by atoms with Crippen molar-refractivity contribution >= 4 is 10.9 Å². The molecule has 0 radical (unpaired) electrons. The molecule has 1 aromatic carbocycles. The molecular formula is C10H9N3O4. The molecule has 0 atom stereocenters. The Hall–Kier alpha value is -2.44. The molecule has 88 valence electrons. The maximum atomic E-state index is 11.9. The zero-order valence-corrected chi connectivity index (χ0v) is 8.78. The van der Waals surface area contributed by atoms with E-state index in [4.69, 9.17) is 0 Å². The molecule has 17 heavy (non-hydrogen) atoms. The highest BCUT2D eigenvalue weighted by Crippen LogP contribution is 2.04. The Bertz CT molecular complexity index is 608. The van der Waals surface area contributed by atoms with Crippen LogP contribution in [-0.4, -0.2) is 21.2 Å². The van der Waals surface area contributed by atoms with Crippen molar-refractivity contribution in [3.8, 4) is 0 Å². The van der Waals surface area contributed by atoms with Gasteiger partial charge in [-0.3, -0.25) is 9.36 Å². The lowest BCUT2D eigenvalue weighted by Crippen LogP contribution is -2.23. The molecule has 0 spiro atoms. The first-order chi connectivity index (χ1) is 8.18. The molecule has 0 aliphatic heterocycles. The summed E-state index contributed by atoms with van der Waals surface area (Å²) in [4.78, 5) is 30.1. The van der Waals surface area contributed by atoms with E-state index < -0.39 is 5.09 Å². The summed E-state index contributed by atoms with van der Waals surface area (Å²) in [7, 11) is 0. The highest BCUT2D eigenvalue weighted by molar-refractivity contribution is 5.76. The van der Waals surface area contributed by atoms with E-state index >= 15 is 0 Å². The second-order valence-corrected chi connectivity index (χ2v) is 3.32. The van der Waals surface area contributed by atoms with E-state index in [0.29, 0.717) is 10.9 Å². The van der Waals surface area contributed by atoms with E-state index in [1.54, 1.807) is 24.3 Å². The van der Waals surface area contributed by atoms with E-state index in [1.165, 1.54) is 10.9 Å². The smallest absolute Gasteiger partial charge is 0.294 e. The van der Waals surface area contributed by atoms with Crippen molar-refractivity contribution in [2.75, 3.05) is 6.61 Å². The number of benzene rings is 1. The van der Waals surface area contributed by atoms with Crippen LogP contribution in [0, 0.1) is 10.1 Å². The third-order valence-corrected chi connectivity index (χ3v) is 2.26. The number of hydrogen-bond donors (Lipinski definition) is 0. The molecule has 7 nitrogen and oxygen atoms in total. The summed E-state index contributed by atoms with van der Waals surface area (Å²) in [5.41, 5.74) is 0.367. The highest BCUT2D eigenvalue weighted by atomic mass is 16.9. The summed E-state index contributed by atoms with van der Waals surface area (Å²) in [6, 6.07) is 6.92. The molecule has 0 amide bonds. The minimum atomic E-state index is -0.889. The van der Waals surface area contributed by atoms with Crippen LogP contribution in [0.15, 0.2) is 35.4 Å². The zero-order valence-electron chi connectivity index (χ0n) is 8.78. The number of fused-ring (bicyclic) bond motifs is 1. The lowest BCUT2D eigenvalue weighted by Gasteiger charge is -2.05. The van der Waals surface area contributed by atoms with Crippen molar-refractivity contribution in [1.29, 1.82) is 0 Å². The molecule has 0 saturated carbocycles. The fourth-order valence-corrected chi connectivity index (χ4v) is 1.48. The van der Waals surface area contributed by atoms with E-state index in [1.807, 2.05) is 0 Å². The van der Waals surface area contributed by atoms with Crippen LogP contribution in [-0.2, 0) is 11.4 Å². The van der Waals surface area contributed by atoms with Gasteiger partial charge in [-0.15, -0.1) is 10.1 Å². The molecule has 0 fully saturated rings. The molecule has 7 heteroatoms. The average Bonchev–Trinajstić information content (AvgIpc) is 2.32. The summed E-state index contributed by atoms with van der Waals surface area (Å²) in [5, 5.41) is 9.56. The Labute approximate surface area is 95.4 Å². The lowest BCUT2D eigenvalue weighted by atomic mass is 10.2. The van der Waals surface area contributed by atoms with Crippen molar-refractivity contribution in [1.82, 2.24) is 9.55 Å². The van der Waals surface area contributed by atoms with Crippen LogP contribution in [0.25, 0.3) is 10.9 Å². The predicted molar refractivity (Wildman–Crippen MR) is 58.9 cm³/mol. The van der Waals surface area contributed by atoms with Crippen molar-refractivity contribution < 1.29 is 9.92 Å². The first kappa shape index (κ1) is 11.1. The third-order valence-electron chi connectivity index (χ3n) is 2.26. The molecule has 2 aromatic rings. The molecule has 0 aliphatic rings. The lowest BCUT2D eigenvalue weighted by molar-refractivity contribution is -0.758. The van der Waals surface area contributed by atoms with E-state index in [-0.39, 0.29) is 18.7 Å². The standard InChI is InChI=1S/C10H9N3O4/c14-10-8-3-1-2-4-9(8)11-7-12(10)5-6-17-13(15)16/h1-4,7H,5-6H2. The fourth-order valence-electron chi connectivity index (χ4n) is 1.48. The molecule has 0 N–H and O–H groups in total. The minimum Gasteiger partial charge on any atom is -0.312 e. The van der Waals surface area contributed by atoms with Crippen LogP contribution in [0.3, 0.4) is 0 Å². The second kappa shape index (κ2) is 4.60. The summed E-state index contributed by atoms with van der Waals surface area (Å²) in [5.74, 6) is 0. The van der Waals surface area contributed by atoms with Gasteiger partial charge in [0.05, 0.1) is 23.8 Å². The van der Waals surface area contributed by atoms with Gasteiger partial charge in [-0.05, 0) is 12.1 Å². The number of hydrogen-bond acceptors (Lipinski definition) is 5. The van der Waals surface area contributed by atoms with Crippen LogP contribution < -0.4 is 5.56 Å². The summed E-state index contributed by atoms with van der Waals surface area (Å²) < 4.78 is 1.28. The number of aromatic nitrogens is 2. The van der Waals surface area contributed by atoms with E-state index in [0.717, 1.165) is 0 Å². The van der Waals surface area contributed by atoms with Crippen LogP contribution >= 0.6 is 0 Å². The third kappa shape index (κ3) is 2.39. The van der Waals surface area contributed by atoms with Crippen molar-refractivity contribution in [3.63, 3.8) is 0 Å². The minimum absolute atomic E-state index is 0.0949. The Morgan fingerprint density at radius 1 is 1.41 bits per heavy atom. The Balaban J connectivity index is 2.27. The van der Waals surface area contributed by atoms with Gasteiger partial charge in [0.1, 0.15) is 6.61 Å². The topological polar surface area (TPSA) is 87.3 Å². The SMILES string of the molecule is O=c1c2ccccc2ncn1CCO[N+](=O)[O-]. The van der Waals surface area contributed by atoms with Crippen LogP contribution in [0.4, 0.5) is 0 Å². The fraction of sp³-hybridized carbons (Fsp3) is 0.200. The van der Waals surface area contributed by atoms with Gasteiger partial charge < -0.3 is 4.84 Å². The van der Waals surface area contributed by atoms with Crippen LogP contribution in [0.1, 0.15) is 0 Å². The first-order valence-electron chi connectivity index (χ1n) is 4.90. The van der Waals surface area contributed by atoms with Gasteiger partial charge in [0.2, 0.25) is 0 Å². The summed E-state index contributed by atoms with van der Waals surface area (Å²) >= 11 is 0. The monoisotopic (exact) mass is 235 g/mol. The highest BCUT2D eigenvalue weighted by Gasteiger charge is 2.03. The van der Waals surface area contributed by atoms with Crippen LogP contribution in [0.5, 0.6) is 0 Å². The van der Waals surface area contributed by atoms with Crippen molar-refractivity contribution in [2.24, 2.45) is 0 Å². The average molecular weight is 235 g/mol. The van der Waals surface area contributed by atoms with E-state index in [2.05, 4.69) is 9.82 Å². The number of para-hydroxylation sites is 1. The Morgan fingerprint density at radius 3 is 2.94 bits per heavy atom. The largest absolute Gasteiger partial charge is 0.312 e. The van der Waals surface area contributed by atoms with Gasteiger partial charge in [-0.2, -0.15) is 0 Å². The van der Waals surface area contributed by atoms with Crippen molar-refractivity contribution in [3.05, 3.63) is 51.1 Å². The molecule has 2 rings (SSSR count). The predicted octanol–water partition coefficient (Wildman–Crippen LogP) is 0.605. The van der Waals surface area contributed by atoms with Crippen LogP contribution in [0.2, 0.25) is 0 Å². The molecule has 0 saturated heterocycles. The number of nitrogens with zero attached hydrogens (tertiary/aromatic N) is 3. The Morgan fingerprint density at radius 2 is 2.18 bits per heavy atom. The number of rotatable bonds is 4. The van der Waals surface area contributed by atoms with Crippen molar-refractivity contribution in [2.45, 2.75) is 6.54 Å². The zero-order chi connectivity index (χ0) is 12.3. The maximum Gasteiger partial charge on any atom is 0.294 e. The van der Waals surface area contributed by atoms with Gasteiger partial charge in [0.25, 0.3) is 10.6 Å². The quantitative estimate of drug-likeness (QED) is 0.572. The van der Waals surface area contributed by atoms with Gasteiger partial charge in [0.15, 0.2) is 0 Å². The van der Waals surface area contributed by atoms with Gasteiger partial charge in [-0.1, -0.05) is 12.1 Å². The molecular weight excluding hydrogens is 226 g/mol. The first-order valence-corrected chi connectivity index (χ1v) is 4.90. The van der Waals surface area contributed by atoms with Gasteiger partial charge >= 0.3 is 0 Å². The summed E-state index contributed by atoms with van der Waals surface area (Å²) in [6.07, 6.45) is 1.36. The second-order valence-electron chi connectivity index (χ2n) is 3.32. The molecule has 1 aromatic heterocycles. The van der Waals surface area contributed by atoms with Gasteiger partial charge in [0, 0.05) is 0 Å². The Kier molecular flexibility index (Phi) is 2.99. The summed E-state index contributed by atoms with van der Waals surface area (Å²) in [6.45, 7) is -0.0788. The maximum absolute atomic E-state index is 11.9. The molecule has 0 aliphatic carbocycles. The molecule has 0 unspecified atom stereocenters. The van der Waals surface area contributed by atoms with Gasteiger partial charge in [-0.25, -0.2) is 4.98 Å². The molecule has 1 heterocycles. The molecule has 0 bridgehead atoms.